The van der Waals surface area contributed by atoms with Crippen LogP contribution < -0.4 is 5.32 Å². The maximum absolute atomic E-state index is 13.0. The second-order valence-corrected chi connectivity index (χ2v) is 11.4. The molecule has 1 fully saturated rings. The molecule has 9 heteroatoms. The molecule has 2 aromatic carbocycles. The monoisotopic (exact) mass is 470 g/mol. The van der Waals surface area contributed by atoms with Gasteiger partial charge in [-0.05, 0) is 47.4 Å². The summed E-state index contributed by atoms with van der Waals surface area (Å²) in [5, 5.41) is 2.64. The van der Waals surface area contributed by atoms with Crippen LogP contribution in [0.3, 0.4) is 0 Å². The molecular weight excluding hydrogens is 440 g/mol. The van der Waals surface area contributed by atoms with Gasteiger partial charge in [0.1, 0.15) is 5.52 Å². The van der Waals surface area contributed by atoms with Crippen LogP contribution in [0.25, 0.3) is 11.1 Å². The maximum atomic E-state index is 13.0. The summed E-state index contributed by atoms with van der Waals surface area (Å²) >= 11 is 0. The number of amides is 1. The third-order valence-electron chi connectivity index (χ3n) is 5.80. The van der Waals surface area contributed by atoms with Gasteiger partial charge < -0.3 is 9.73 Å². The van der Waals surface area contributed by atoms with Crippen molar-refractivity contribution < 1.29 is 17.6 Å². The highest BCUT2D eigenvalue weighted by molar-refractivity contribution is 7.89. The summed E-state index contributed by atoms with van der Waals surface area (Å²) in [5.74, 6) is 0.441. The smallest absolute Gasteiger partial charge is 0.243 e. The fraction of sp³-hybridized carbons (Fsp3) is 0.417. The number of fused-ring (bicyclic) bond motifs is 1. The average Bonchev–Trinajstić information content (AvgIpc) is 3.15. The number of carbonyl (C=O) groups excluding carboxylic acids is 1. The van der Waals surface area contributed by atoms with Gasteiger partial charge in [-0.15, -0.1) is 0 Å². The fourth-order valence-corrected chi connectivity index (χ4v) is 5.31. The van der Waals surface area contributed by atoms with Crippen LogP contribution in [-0.4, -0.2) is 54.7 Å². The van der Waals surface area contributed by atoms with E-state index in [1.807, 2.05) is 6.07 Å². The zero-order chi connectivity index (χ0) is 23.8. The van der Waals surface area contributed by atoms with Gasteiger partial charge in [-0.1, -0.05) is 26.8 Å². The van der Waals surface area contributed by atoms with Crippen LogP contribution in [-0.2, 0) is 26.8 Å². The van der Waals surface area contributed by atoms with Gasteiger partial charge in [0.2, 0.25) is 21.8 Å². The summed E-state index contributed by atoms with van der Waals surface area (Å²) in [5.41, 5.74) is 3.43. The van der Waals surface area contributed by atoms with Crippen LogP contribution in [0.2, 0.25) is 0 Å². The van der Waals surface area contributed by atoms with Crippen LogP contribution >= 0.6 is 0 Å². The van der Waals surface area contributed by atoms with Crippen molar-refractivity contribution in [1.29, 1.82) is 0 Å². The largest absolute Gasteiger partial charge is 0.439 e. The molecule has 1 N–H and O–H groups in total. The second kappa shape index (κ2) is 8.89. The molecule has 1 aliphatic rings. The van der Waals surface area contributed by atoms with Crippen molar-refractivity contribution in [3.8, 4) is 0 Å². The predicted octanol–water partition coefficient (Wildman–Crippen LogP) is 3.59. The molecule has 0 spiro atoms. The molecule has 33 heavy (non-hydrogen) atoms. The Bertz CT molecular complexity index is 1250. The first-order valence-electron chi connectivity index (χ1n) is 11.0. The zero-order valence-electron chi connectivity index (χ0n) is 19.5. The molecule has 2 heterocycles. The molecule has 176 valence electrons. The number of hydrogen-bond donors (Lipinski definition) is 1. The molecule has 1 amide bonds. The van der Waals surface area contributed by atoms with E-state index in [2.05, 4.69) is 48.1 Å². The Morgan fingerprint density at radius 2 is 1.73 bits per heavy atom. The number of carbonyl (C=O) groups is 1. The third kappa shape index (κ3) is 5.26. The molecular formula is C24H30N4O4S. The number of nitrogens with one attached hydrogen (secondary N) is 1. The van der Waals surface area contributed by atoms with Crippen molar-refractivity contribution in [2.24, 2.45) is 0 Å². The first kappa shape index (κ1) is 23.4. The molecule has 0 radical (unpaired) electrons. The van der Waals surface area contributed by atoms with E-state index in [1.165, 1.54) is 28.9 Å². The van der Waals surface area contributed by atoms with Gasteiger partial charge in [0.15, 0.2) is 5.58 Å². The summed E-state index contributed by atoms with van der Waals surface area (Å²) < 4.78 is 33.4. The van der Waals surface area contributed by atoms with Crippen LogP contribution in [0.5, 0.6) is 0 Å². The van der Waals surface area contributed by atoms with Gasteiger partial charge in [0.05, 0.1) is 11.4 Å². The Labute approximate surface area is 194 Å². The summed E-state index contributed by atoms with van der Waals surface area (Å²) in [4.78, 5) is 18.2. The van der Waals surface area contributed by atoms with Crippen LogP contribution in [0.1, 0.15) is 39.1 Å². The molecule has 3 aromatic rings. The minimum atomic E-state index is -3.59. The molecule has 4 rings (SSSR count). The lowest BCUT2D eigenvalue weighted by atomic mass is 9.87. The number of aromatic nitrogens is 1. The van der Waals surface area contributed by atoms with Crippen molar-refractivity contribution in [3.63, 3.8) is 0 Å². The fourth-order valence-electron chi connectivity index (χ4n) is 3.89. The van der Waals surface area contributed by atoms with E-state index in [0.717, 1.165) is 11.1 Å². The molecule has 0 saturated carbocycles. The van der Waals surface area contributed by atoms with E-state index in [4.69, 9.17) is 4.42 Å². The van der Waals surface area contributed by atoms with Gasteiger partial charge in [0, 0.05) is 38.8 Å². The van der Waals surface area contributed by atoms with Crippen LogP contribution in [0, 0.1) is 0 Å². The Morgan fingerprint density at radius 1 is 1.06 bits per heavy atom. The molecule has 0 bridgehead atoms. The van der Waals surface area contributed by atoms with Crippen molar-refractivity contribution in [2.45, 2.75) is 44.6 Å². The van der Waals surface area contributed by atoms with Gasteiger partial charge in [0.25, 0.3) is 0 Å². The minimum absolute atomic E-state index is 0.0411. The van der Waals surface area contributed by atoms with E-state index in [-0.39, 0.29) is 16.2 Å². The van der Waals surface area contributed by atoms with E-state index in [9.17, 15) is 13.2 Å². The normalized spacial score (nSPS) is 16.2. The van der Waals surface area contributed by atoms with E-state index in [0.29, 0.717) is 44.3 Å². The van der Waals surface area contributed by atoms with Gasteiger partial charge in [-0.25, -0.2) is 13.4 Å². The number of hydrogen-bond acceptors (Lipinski definition) is 6. The number of nitrogens with zero attached hydrogens (tertiary/aromatic N) is 3. The number of oxazole rings is 1. The van der Waals surface area contributed by atoms with E-state index < -0.39 is 10.0 Å². The number of sulfonamides is 1. The quantitative estimate of drug-likeness (QED) is 0.612. The highest BCUT2D eigenvalue weighted by Gasteiger charge is 2.29. The second-order valence-electron chi connectivity index (χ2n) is 9.43. The lowest BCUT2D eigenvalue weighted by Crippen LogP contribution is -2.48. The molecule has 1 saturated heterocycles. The van der Waals surface area contributed by atoms with E-state index in [1.54, 1.807) is 12.1 Å². The SMILES string of the molecule is CC(=O)Nc1ccc(S(=O)(=O)N2CCN(Cc3nc4cc(C(C)(C)C)ccc4o3)CC2)cc1. The highest BCUT2D eigenvalue weighted by Crippen LogP contribution is 2.27. The number of piperazine rings is 1. The summed E-state index contributed by atoms with van der Waals surface area (Å²) in [6, 6.07) is 12.4. The van der Waals surface area contributed by atoms with Crippen molar-refractivity contribution in [3.05, 3.63) is 53.9 Å². The van der Waals surface area contributed by atoms with Gasteiger partial charge >= 0.3 is 0 Å². The number of benzene rings is 2. The zero-order valence-corrected chi connectivity index (χ0v) is 20.3. The molecule has 0 atom stereocenters. The molecule has 1 aromatic heterocycles. The standard InChI is InChI=1S/C24H30N4O4S/c1-17(29)25-19-6-8-20(9-7-19)33(30,31)28-13-11-27(12-14-28)16-23-26-21-15-18(24(2,3)4)5-10-22(21)32-23/h5-10,15H,11-14,16H2,1-4H3,(H,25,29). The third-order valence-corrected chi connectivity index (χ3v) is 7.71. The molecule has 0 unspecified atom stereocenters. The molecule has 8 nitrogen and oxygen atoms in total. The van der Waals surface area contributed by atoms with Crippen LogP contribution in [0.4, 0.5) is 5.69 Å². The summed E-state index contributed by atoms with van der Waals surface area (Å²) in [6.45, 7) is 10.4. The maximum Gasteiger partial charge on any atom is 0.243 e. The number of rotatable bonds is 5. The van der Waals surface area contributed by atoms with Crippen LogP contribution in [0.15, 0.2) is 51.8 Å². The lowest BCUT2D eigenvalue weighted by Gasteiger charge is -2.33. The lowest BCUT2D eigenvalue weighted by molar-refractivity contribution is -0.114. The Kier molecular flexibility index (Phi) is 6.30. The van der Waals surface area contributed by atoms with Gasteiger partial charge in [-0.2, -0.15) is 4.31 Å². The Hall–Kier alpha value is -2.75. The van der Waals surface area contributed by atoms with E-state index >= 15 is 0 Å². The minimum Gasteiger partial charge on any atom is -0.439 e. The average molecular weight is 471 g/mol. The van der Waals surface area contributed by atoms with Crippen molar-refractivity contribution in [2.75, 3.05) is 31.5 Å². The van der Waals surface area contributed by atoms with Gasteiger partial charge in [-0.3, -0.25) is 9.69 Å². The van der Waals surface area contributed by atoms with Crippen molar-refractivity contribution >= 4 is 32.7 Å². The summed E-state index contributed by atoms with van der Waals surface area (Å²) in [7, 11) is -3.59. The van der Waals surface area contributed by atoms with Crippen molar-refractivity contribution in [1.82, 2.24) is 14.2 Å². The first-order chi connectivity index (χ1) is 15.5. The summed E-state index contributed by atoms with van der Waals surface area (Å²) in [6.07, 6.45) is 0. The molecule has 1 aliphatic heterocycles. The highest BCUT2D eigenvalue weighted by atomic mass is 32.2. The first-order valence-corrected chi connectivity index (χ1v) is 12.5. The Morgan fingerprint density at radius 3 is 2.33 bits per heavy atom. The number of anilines is 1. The topological polar surface area (TPSA) is 95.8 Å². The Balaban J connectivity index is 1.39. The molecule has 0 aliphatic carbocycles. The predicted molar refractivity (Wildman–Crippen MR) is 127 cm³/mol.